The van der Waals surface area contributed by atoms with Crippen molar-refractivity contribution >= 4 is 5.91 Å². The molecule has 0 aromatic heterocycles. The van der Waals surface area contributed by atoms with Crippen molar-refractivity contribution in [1.29, 1.82) is 0 Å². The summed E-state index contributed by atoms with van der Waals surface area (Å²) in [6, 6.07) is 0.307. The second-order valence-corrected chi connectivity index (χ2v) is 6.55. The van der Waals surface area contributed by atoms with Gasteiger partial charge in [0.1, 0.15) is 0 Å². The lowest BCUT2D eigenvalue weighted by atomic mass is 9.95. The van der Waals surface area contributed by atoms with Gasteiger partial charge in [-0.15, -0.1) is 0 Å². The minimum atomic E-state index is -0.287. The fraction of sp³-hybridized carbons (Fsp3) is 0.938. The summed E-state index contributed by atoms with van der Waals surface area (Å²) in [6.45, 7) is 9.50. The first-order valence-corrected chi connectivity index (χ1v) is 8.20. The molecule has 1 rings (SSSR count). The van der Waals surface area contributed by atoms with Crippen LogP contribution < -0.4 is 5.73 Å². The number of hydrogen-bond donors (Lipinski definition) is 1. The fourth-order valence-corrected chi connectivity index (χ4v) is 2.74. The number of hydrogen-bond acceptors (Lipinski definition) is 3. The number of nitrogens with zero attached hydrogens (tertiary/aromatic N) is 2. The van der Waals surface area contributed by atoms with Crippen molar-refractivity contribution in [3.63, 3.8) is 0 Å². The Morgan fingerprint density at radius 2 is 1.95 bits per heavy atom. The molecule has 1 fully saturated rings. The highest BCUT2D eigenvalue weighted by atomic mass is 16.2. The lowest BCUT2D eigenvalue weighted by molar-refractivity contribution is -0.134. The van der Waals surface area contributed by atoms with E-state index in [1.807, 2.05) is 4.90 Å². The molecular weight excluding hydrogens is 250 g/mol. The van der Waals surface area contributed by atoms with Crippen LogP contribution in [0.15, 0.2) is 0 Å². The van der Waals surface area contributed by atoms with E-state index in [9.17, 15) is 4.79 Å². The van der Waals surface area contributed by atoms with Gasteiger partial charge in [0, 0.05) is 25.7 Å². The molecule has 1 atom stereocenters. The Morgan fingerprint density at radius 3 is 2.45 bits per heavy atom. The van der Waals surface area contributed by atoms with Crippen LogP contribution in [0.2, 0.25) is 0 Å². The number of piperidine rings is 1. The van der Waals surface area contributed by atoms with Crippen molar-refractivity contribution in [3.05, 3.63) is 0 Å². The lowest BCUT2D eigenvalue weighted by Gasteiger charge is -2.36. The third-order valence-electron chi connectivity index (χ3n) is 4.54. The Hall–Kier alpha value is -0.610. The molecule has 2 N–H and O–H groups in total. The van der Waals surface area contributed by atoms with Crippen molar-refractivity contribution in [3.8, 4) is 0 Å². The first kappa shape index (κ1) is 17.4. The van der Waals surface area contributed by atoms with Gasteiger partial charge in [-0.3, -0.25) is 4.79 Å². The van der Waals surface area contributed by atoms with Gasteiger partial charge in [-0.25, -0.2) is 0 Å². The summed E-state index contributed by atoms with van der Waals surface area (Å²) >= 11 is 0. The van der Waals surface area contributed by atoms with E-state index in [0.717, 1.165) is 57.7 Å². The van der Waals surface area contributed by atoms with Gasteiger partial charge < -0.3 is 15.5 Å². The quantitative estimate of drug-likeness (QED) is 0.778. The minimum Gasteiger partial charge on any atom is -0.341 e. The Kier molecular flexibility index (Phi) is 7.52. The highest BCUT2D eigenvalue weighted by Gasteiger charge is 2.26. The topological polar surface area (TPSA) is 49.6 Å². The van der Waals surface area contributed by atoms with Crippen LogP contribution in [0.1, 0.15) is 52.9 Å². The van der Waals surface area contributed by atoms with Crippen LogP contribution in [0.25, 0.3) is 0 Å². The molecule has 1 heterocycles. The zero-order valence-electron chi connectivity index (χ0n) is 13.8. The number of likely N-dealkylation sites (tertiary alicyclic amines) is 1. The normalized spacial score (nSPS) is 18.9. The highest BCUT2D eigenvalue weighted by molar-refractivity contribution is 5.81. The zero-order chi connectivity index (χ0) is 15.1. The number of carbonyl (C=O) groups excluding carboxylic acids is 1. The first-order valence-electron chi connectivity index (χ1n) is 8.20. The Labute approximate surface area is 124 Å². The third kappa shape index (κ3) is 5.41. The Bertz CT molecular complexity index is 285. The molecule has 118 valence electrons. The van der Waals surface area contributed by atoms with Crippen molar-refractivity contribution in [2.45, 2.75) is 65.0 Å². The number of amides is 1. The largest absolute Gasteiger partial charge is 0.341 e. The molecule has 0 radical (unpaired) electrons. The Balaban J connectivity index is 2.32. The van der Waals surface area contributed by atoms with E-state index in [4.69, 9.17) is 5.73 Å². The summed E-state index contributed by atoms with van der Waals surface area (Å²) in [5, 5.41) is 0. The van der Waals surface area contributed by atoms with Crippen molar-refractivity contribution in [1.82, 2.24) is 9.80 Å². The average molecular weight is 283 g/mol. The van der Waals surface area contributed by atoms with Crippen molar-refractivity contribution in [2.24, 2.45) is 11.7 Å². The van der Waals surface area contributed by atoms with Crippen LogP contribution in [0, 0.1) is 5.92 Å². The maximum Gasteiger partial charge on any atom is 0.239 e. The van der Waals surface area contributed by atoms with E-state index in [0.29, 0.717) is 6.04 Å². The molecule has 1 saturated heterocycles. The lowest BCUT2D eigenvalue weighted by Crippen LogP contribution is -2.48. The molecular formula is C16H33N3O. The number of rotatable bonds is 7. The maximum absolute atomic E-state index is 12.2. The highest BCUT2D eigenvalue weighted by Crippen LogP contribution is 2.19. The van der Waals surface area contributed by atoms with Gasteiger partial charge in [0.2, 0.25) is 5.91 Å². The van der Waals surface area contributed by atoms with Crippen LogP contribution in [0.3, 0.4) is 0 Å². The second-order valence-electron chi connectivity index (χ2n) is 6.55. The fourth-order valence-electron chi connectivity index (χ4n) is 2.74. The molecule has 1 aliphatic heterocycles. The monoisotopic (exact) mass is 283 g/mol. The van der Waals surface area contributed by atoms with Gasteiger partial charge in [-0.2, -0.15) is 0 Å². The summed E-state index contributed by atoms with van der Waals surface area (Å²) in [6.07, 6.45) is 5.20. The molecule has 0 saturated carbocycles. The summed E-state index contributed by atoms with van der Waals surface area (Å²) in [5.41, 5.74) is 5.99. The standard InChI is InChI=1S/C16H33N3O/c1-5-6-7-15(17)16(20)19-10-8-14(9-11-19)12-18(4)13(2)3/h13-15H,5-12,17H2,1-4H3. The summed E-state index contributed by atoms with van der Waals surface area (Å²) in [7, 11) is 2.18. The van der Waals surface area contributed by atoms with E-state index in [1.54, 1.807) is 0 Å². The van der Waals surface area contributed by atoms with E-state index >= 15 is 0 Å². The molecule has 0 aromatic carbocycles. The average Bonchev–Trinajstić information content (AvgIpc) is 2.44. The van der Waals surface area contributed by atoms with E-state index in [1.165, 1.54) is 0 Å². The predicted molar refractivity (Wildman–Crippen MR) is 84.6 cm³/mol. The molecule has 1 unspecified atom stereocenters. The van der Waals surface area contributed by atoms with Gasteiger partial charge in [0.05, 0.1) is 6.04 Å². The summed E-state index contributed by atoms with van der Waals surface area (Å²) in [4.78, 5) is 16.6. The number of carbonyl (C=O) groups is 1. The third-order valence-corrected chi connectivity index (χ3v) is 4.54. The van der Waals surface area contributed by atoms with Crippen molar-refractivity contribution in [2.75, 3.05) is 26.7 Å². The molecule has 4 nitrogen and oxygen atoms in total. The Morgan fingerprint density at radius 1 is 1.35 bits per heavy atom. The van der Waals surface area contributed by atoms with E-state index < -0.39 is 0 Å². The molecule has 4 heteroatoms. The van der Waals surface area contributed by atoms with Crippen LogP contribution in [-0.4, -0.2) is 54.5 Å². The van der Waals surface area contributed by atoms with Crippen LogP contribution in [0.5, 0.6) is 0 Å². The van der Waals surface area contributed by atoms with E-state index in [-0.39, 0.29) is 11.9 Å². The summed E-state index contributed by atoms with van der Waals surface area (Å²) in [5.74, 6) is 0.882. The van der Waals surface area contributed by atoms with Gasteiger partial charge >= 0.3 is 0 Å². The van der Waals surface area contributed by atoms with Gasteiger partial charge in [0.25, 0.3) is 0 Å². The molecule has 0 bridgehead atoms. The SMILES string of the molecule is CCCCC(N)C(=O)N1CCC(CN(C)C(C)C)CC1. The molecule has 0 aliphatic carbocycles. The summed E-state index contributed by atoms with van der Waals surface area (Å²) < 4.78 is 0. The molecule has 1 amide bonds. The smallest absolute Gasteiger partial charge is 0.239 e. The molecule has 20 heavy (non-hydrogen) atoms. The molecule has 0 aromatic rings. The zero-order valence-corrected chi connectivity index (χ0v) is 13.8. The number of nitrogens with two attached hydrogens (primary N) is 1. The molecule has 0 spiro atoms. The van der Waals surface area contributed by atoms with Crippen LogP contribution >= 0.6 is 0 Å². The second kappa shape index (κ2) is 8.63. The first-order chi connectivity index (χ1) is 9.45. The van der Waals surface area contributed by atoms with E-state index in [2.05, 4.69) is 32.7 Å². The van der Waals surface area contributed by atoms with Crippen LogP contribution in [-0.2, 0) is 4.79 Å². The van der Waals surface area contributed by atoms with Gasteiger partial charge in [-0.1, -0.05) is 19.8 Å². The molecule has 1 aliphatic rings. The predicted octanol–water partition coefficient (Wildman–Crippen LogP) is 2.08. The van der Waals surface area contributed by atoms with Crippen LogP contribution in [0.4, 0.5) is 0 Å². The van der Waals surface area contributed by atoms with Gasteiger partial charge in [0.15, 0.2) is 0 Å². The van der Waals surface area contributed by atoms with Crippen molar-refractivity contribution < 1.29 is 4.79 Å². The van der Waals surface area contributed by atoms with Gasteiger partial charge in [-0.05, 0) is 46.1 Å². The number of unbranched alkanes of at least 4 members (excludes halogenated alkanes) is 1. The minimum absolute atomic E-state index is 0.161. The maximum atomic E-state index is 12.2.